The second-order valence-corrected chi connectivity index (χ2v) is 5.83. The van der Waals surface area contributed by atoms with Crippen LogP contribution in [0.1, 0.15) is 10.5 Å². The summed E-state index contributed by atoms with van der Waals surface area (Å²) in [4.78, 5) is 14.3. The minimum absolute atomic E-state index is 0. The molecule has 4 N–H and O–H groups in total. The zero-order valence-corrected chi connectivity index (χ0v) is 13.2. The number of carboxylic acid groups (broad SMARTS) is 1. The lowest BCUT2D eigenvalue weighted by Gasteiger charge is -2.02. The van der Waals surface area contributed by atoms with Crippen molar-refractivity contribution in [1.29, 1.82) is 0 Å². The number of thiophene rings is 1. The molecule has 0 amide bonds. The summed E-state index contributed by atoms with van der Waals surface area (Å²) >= 11 is 4.91. The number of halogens is 2. The van der Waals surface area contributed by atoms with Crippen LogP contribution in [0.25, 0.3) is 21.3 Å². The summed E-state index contributed by atoms with van der Waals surface area (Å²) in [7, 11) is 0. The van der Waals surface area contributed by atoms with Crippen molar-refractivity contribution in [3.63, 3.8) is 0 Å². The Morgan fingerprint density at radius 1 is 1.40 bits per heavy atom. The highest BCUT2D eigenvalue weighted by Crippen LogP contribution is 2.40. The number of anilines is 1. The van der Waals surface area contributed by atoms with Crippen LogP contribution in [0.3, 0.4) is 0 Å². The molecule has 0 aliphatic rings. The second kappa shape index (κ2) is 5.47. The largest absolute Gasteiger partial charge is 0.477 e. The first-order chi connectivity index (χ1) is 9.08. The van der Waals surface area contributed by atoms with Crippen LogP contribution < -0.4 is 5.73 Å². The Bertz CT molecular complexity index is 797. The molecule has 3 aromatic rings. The van der Waals surface area contributed by atoms with E-state index in [1.807, 2.05) is 17.5 Å². The fourth-order valence-corrected chi connectivity index (χ4v) is 3.73. The summed E-state index contributed by atoms with van der Waals surface area (Å²) in [6.07, 6.45) is 0. The third-order valence-corrected chi connectivity index (χ3v) is 4.79. The van der Waals surface area contributed by atoms with Crippen molar-refractivity contribution in [3.8, 4) is 11.1 Å². The molecule has 2 aromatic heterocycles. The maximum Gasteiger partial charge on any atom is 0.353 e. The van der Waals surface area contributed by atoms with E-state index < -0.39 is 5.97 Å². The molecule has 20 heavy (non-hydrogen) atoms. The van der Waals surface area contributed by atoms with Gasteiger partial charge in [-0.1, -0.05) is 12.1 Å². The van der Waals surface area contributed by atoms with Crippen LogP contribution in [-0.2, 0) is 0 Å². The Morgan fingerprint density at radius 3 is 2.80 bits per heavy atom. The molecule has 0 aliphatic carbocycles. The third-order valence-electron chi connectivity index (χ3n) is 2.86. The van der Waals surface area contributed by atoms with Crippen molar-refractivity contribution in [2.75, 3.05) is 5.73 Å². The molecule has 7 heteroatoms. The van der Waals surface area contributed by atoms with Gasteiger partial charge in [-0.3, -0.25) is 0 Å². The van der Waals surface area contributed by atoms with E-state index in [9.17, 15) is 9.90 Å². The lowest BCUT2D eigenvalue weighted by molar-refractivity contribution is 0.0692. The van der Waals surface area contributed by atoms with Crippen LogP contribution in [-0.4, -0.2) is 16.1 Å². The number of hydrogen-bond donors (Lipinski definition) is 3. The summed E-state index contributed by atoms with van der Waals surface area (Å²) in [5.41, 5.74) is 8.87. The van der Waals surface area contributed by atoms with Gasteiger partial charge in [-0.05, 0) is 33.6 Å². The lowest BCUT2D eigenvalue weighted by Crippen LogP contribution is -1.99. The molecule has 1 aromatic carbocycles. The van der Waals surface area contributed by atoms with Crippen LogP contribution in [0.2, 0.25) is 0 Å². The molecule has 0 saturated carbocycles. The quantitative estimate of drug-likeness (QED) is 0.584. The maximum absolute atomic E-state index is 11.4. The van der Waals surface area contributed by atoms with E-state index in [2.05, 4.69) is 20.9 Å². The number of nitrogens with two attached hydrogens (primary N) is 1. The van der Waals surface area contributed by atoms with Crippen molar-refractivity contribution in [2.45, 2.75) is 0 Å². The van der Waals surface area contributed by atoms with E-state index in [4.69, 9.17) is 5.73 Å². The number of benzene rings is 1. The Balaban J connectivity index is 0.00000147. The standard InChI is InChI=1S/C13H9BrN2O2S.ClH/c14-8-5-19-12-9(6-2-1-3-7(15)4-6)11(13(17)18)16-10(8)12;/h1-5,16H,15H2,(H,17,18);1H. The van der Waals surface area contributed by atoms with E-state index in [1.165, 1.54) is 11.3 Å². The Labute approximate surface area is 133 Å². The van der Waals surface area contributed by atoms with Gasteiger partial charge in [-0.2, -0.15) is 0 Å². The van der Waals surface area contributed by atoms with Gasteiger partial charge in [0.2, 0.25) is 0 Å². The van der Waals surface area contributed by atoms with Gasteiger partial charge in [-0.25, -0.2) is 4.79 Å². The minimum atomic E-state index is -0.979. The third kappa shape index (κ3) is 2.30. The highest BCUT2D eigenvalue weighted by molar-refractivity contribution is 9.10. The molecular weight excluding hydrogens is 364 g/mol. The molecule has 0 atom stereocenters. The monoisotopic (exact) mass is 372 g/mol. The molecule has 2 heterocycles. The van der Waals surface area contributed by atoms with Gasteiger partial charge in [-0.15, -0.1) is 23.7 Å². The molecule has 104 valence electrons. The number of aromatic carboxylic acids is 1. The SMILES string of the molecule is Cl.Nc1cccc(-c2c(C(=O)O)[nH]c3c(Br)csc23)c1. The van der Waals surface area contributed by atoms with E-state index in [-0.39, 0.29) is 18.1 Å². The van der Waals surface area contributed by atoms with Crippen molar-refractivity contribution in [2.24, 2.45) is 0 Å². The summed E-state index contributed by atoms with van der Waals surface area (Å²) in [6.45, 7) is 0. The number of fused-ring (bicyclic) bond motifs is 1. The van der Waals surface area contributed by atoms with Gasteiger partial charge in [0.25, 0.3) is 0 Å². The number of rotatable bonds is 2. The first-order valence-corrected chi connectivity index (χ1v) is 7.13. The van der Waals surface area contributed by atoms with Gasteiger partial charge in [0.05, 0.1) is 14.7 Å². The predicted molar refractivity (Wildman–Crippen MR) is 87.9 cm³/mol. The fourth-order valence-electron chi connectivity index (χ4n) is 2.07. The molecule has 0 unspecified atom stereocenters. The van der Waals surface area contributed by atoms with E-state index in [1.54, 1.807) is 12.1 Å². The van der Waals surface area contributed by atoms with E-state index in [0.29, 0.717) is 11.3 Å². The van der Waals surface area contributed by atoms with Crippen molar-refractivity contribution >= 4 is 61.5 Å². The van der Waals surface area contributed by atoms with Crippen molar-refractivity contribution in [1.82, 2.24) is 4.98 Å². The van der Waals surface area contributed by atoms with E-state index >= 15 is 0 Å². The minimum Gasteiger partial charge on any atom is -0.477 e. The van der Waals surface area contributed by atoms with Gasteiger partial charge in [0, 0.05) is 16.6 Å². The summed E-state index contributed by atoms with van der Waals surface area (Å²) in [5, 5.41) is 11.3. The van der Waals surface area contributed by atoms with Crippen LogP contribution >= 0.6 is 39.7 Å². The first-order valence-electron chi connectivity index (χ1n) is 5.46. The van der Waals surface area contributed by atoms with Crippen molar-refractivity contribution in [3.05, 3.63) is 39.8 Å². The highest BCUT2D eigenvalue weighted by atomic mass is 79.9. The fraction of sp³-hybridized carbons (Fsp3) is 0. The molecule has 0 bridgehead atoms. The molecule has 0 fully saturated rings. The van der Waals surface area contributed by atoms with Crippen molar-refractivity contribution < 1.29 is 9.90 Å². The molecular formula is C13H10BrClN2O2S. The zero-order chi connectivity index (χ0) is 13.6. The Hall–Kier alpha value is -1.50. The Morgan fingerprint density at radius 2 is 2.15 bits per heavy atom. The topological polar surface area (TPSA) is 79.1 Å². The number of aromatic amines is 1. The number of aromatic nitrogens is 1. The average molecular weight is 374 g/mol. The Kier molecular flexibility index (Phi) is 4.08. The number of carboxylic acids is 1. The maximum atomic E-state index is 11.4. The summed E-state index contributed by atoms with van der Waals surface area (Å²) < 4.78 is 1.78. The van der Waals surface area contributed by atoms with Crippen LogP contribution in [0, 0.1) is 0 Å². The smallest absolute Gasteiger partial charge is 0.353 e. The van der Waals surface area contributed by atoms with E-state index in [0.717, 1.165) is 20.3 Å². The average Bonchev–Trinajstić information content (AvgIpc) is 2.90. The predicted octanol–water partition coefficient (Wildman–Crippen LogP) is 4.36. The highest BCUT2D eigenvalue weighted by Gasteiger charge is 2.21. The number of carbonyl (C=O) groups is 1. The normalized spacial score (nSPS) is 10.4. The number of H-pyrrole nitrogens is 1. The molecule has 4 nitrogen and oxygen atoms in total. The second-order valence-electron chi connectivity index (χ2n) is 4.09. The number of hydrogen-bond acceptors (Lipinski definition) is 3. The molecule has 0 radical (unpaired) electrons. The van der Waals surface area contributed by atoms with Crippen LogP contribution in [0.4, 0.5) is 5.69 Å². The van der Waals surface area contributed by atoms with Crippen LogP contribution in [0.5, 0.6) is 0 Å². The number of nitrogen functional groups attached to an aromatic ring is 1. The van der Waals surface area contributed by atoms with Gasteiger partial charge >= 0.3 is 5.97 Å². The van der Waals surface area contributed by atoms with Gasteiger partial charge < -0.3 is 15.8 Å². The lowest BCUT2D eigenvalue weighted by atomic mass is 10.1. The summed E-state index contributed by atoms with van der Waals surface area (Å²) in [5.74, 6) is -0.979. The molecule has 0 saturated heterocycles. The molecule has 0 aliphatic heterocycles. The molecule has 0 spiro atoms. The first kappa shape index (κ1) is 14.9. The van der Waals surface area contributed by atoms with Gasteiger partial charge in [0.15, 0.2) is 0 Å². The zero-order valence-electron chi connectivity index (χ0n) is 10.0. The van der Waals surface area contributed by atoms with Crippen LogP contribution in [0.15, 0.2) is 34.1 Å². The molecule has 3 rings (SSSR count). The number of nitrogens with one attached hydrogen (secondary N) is 1. The summed E-state index contributed by atoms with van der Waals surface area (Å²) in [6, 6.07) is 7.23. The van der Waals surface area contributed by atoms with Gasteiger partial charge in [0.1, 0.15) is 5.69 Å².